The molecule has 1 aromatic rings. The van der Waals surface area contributed by atoms with Gasteiger partial charge in [0.15, 0.2) is 0 Å². The Hall–Kier alpha value is -0.301. The first kappa shape index (κ1) is 12.2. The minimum absolute atomic E-state index is 0.539. The maximum absolute atomic E-state index is 5.61. The van der Waals surface area contributed by atoms with E-state index in [-0.39, 0.29) is 0 Å². The van der Waals surface area contributed by atoms with Crippen molar-refractivity contribution < 1.29 is 4.74 Å². The van der Waals surface area contributed by atoms with Gasteiger partial charge in [-0.15, -0.1) is 0 Å². The average Bonchev–Trinajstić information content (AvgIpc) is 2.38. The molecule has 88 valence electrons. The predicted octanol–water partition coefficient (Wildman–Crippen LogP) is 3.27. The van der Waals surface area contributed by atoms with Gasteiger partial charge in [-0.05, 0) is 0 Å². The first-order valence-electron chi connectivity index (χ1n) is 6.08. The molecule has 2 heteroatoms. The van der Waals surface area contributed by atoms with Crippen molar-refractivity contribution in [1.82, 2.24) is 0 Å². The van der Waals surface area contributed by atoms with Crippen molar-refractivity contribution in [1.29, 1.82) is 0 Å². The van der Waals surface area contributed by atoms with Gasteiger partial charge in [0.05, 0.1) is 0 Å². The van der Waals surface area contributed by atoms with Crippen LogP contribution in [0.25, 0.3) is 0 Å². The summed E-state index contributed by atoms with van der Waals surface area (Å²) >= 11 is 0.697. The molecule has 0 aliphatic heterocycles. The Balaban J connectivity index is 1.84. The summed E-state index contributed by atoms with van der Waals surface area (Å²) in [6, 6.07) is 10.9. The molecule has 0 radical (unpaired) electrons. The SMILES string of the molecule is CO[C@@H]1CCCC[C@H]1[Se]Cc1ccccc1. The zero-order valence-electron chi connectivity index (χ0n) is 9.89. The third kappa shape index (κ3) is 3.35. The Labute approximate surface area is 105 Å². The Kier molecular flexibility index (Phi) is 4.90. The van der Waals surface area contributed by atoms with Crippen molar-refractivity contribution in [3.63, 3.8) is 0 Å². The van der Waals surface area contributed by atoms with Crippen LogP contribution in [-0.2, 0) is 10.1 Å². The monoisotopic (exact) mass is 284 g/mol. The van der Waals surface area contributed by atoms with E-state index in [0.29, 0.717) is 21.1 Å². The first-order chi connectivity index (χ1) is 7.90. The van der Waals surface area contributed by atoms with Crippen LogP contribution in [0.4, 0.5) is 0 Å². The van der Waals surface area contributed by atoms with Crippen LogP contribution in [0.2, 0.25) is 4.82 Å². The molecule has 1 aromatic carbocycles. The standard InChI is InChI=1S/C14H20OSe/c1-15-13-9-5-6-10-14(13)16-11-12-7-3-2-4-8-12/h2-4,7-8,13-14H,5-6,9-11H2,1H3/t13-,14-/m1/s1. The number of hydrogen-bond donors (Lipinski definition) is 0. The summed E-state index contributed by atoms with van der Waals surface area (Å²) in [6.45, 7) is 0. The Morgan fingerprint density at radius 2 is 1.94 bits per heavy atom. The van der Waals surface area contributed by atoms with E-state index >= 15 is 0 Å². The molecule has 2 rings (SSSR count). The van der Waals surface area contributed by atoms with Crippen molar-refractivity contribution >= 4 is 15.0 Å². The molecular weight excluding hydrogens is 263 g/mol. The third-order valence-electron chi connectivity index (χ3n) is 3.25. The van der Waals surface area contributed by atoms with Crippen LogP contribution in [0.5, 0.6) is 0 Å². The van der Waals surface area contributed by atoms with E-state index in [9.17, 15) is 0 Å². The average molecular weight is 283 g/mol. The maximum atomic E-state index is 5.61. The molecule has 1 saturated carbocycles. The van der Waals surface area contributed by atoms with Gasteiger partial charge in [-0.3, -0.25) is 0 Å². The summed E-state index contributed by atoms with van der Waals surface area (Å²) in [5.74, 6) is 0. The van der Waals surface area contributed by atoms with Crippen LogP contribution < -0.4 is 0 Å². The van der Waals surface area contributed by atoms with Crippen LogP contribution in [0.15, 0.2) is 30.3 Å². The molecule has 0 bridgehead atoms. The number of ether oxygens (including phenoxy) is 1. The van der Waals surface area contributed by atoms with Crippen molar-refractivity contribution in [2.75, 3.05) is 7.11 Å². The van der Waals surface area contributed by atoms with Gasteiger partial charge < -0.3 is 0 Å². The summed E-state index contributed by atoms with van der Waals surface area (Å²) in [6.07, 6.45) is 5.96. The van der Waals surface area contributed by atoms with Gasteiger partial charge in [-0.25, -0.2) is 0 Å². The van der Waals surface area contributed by atoms with Crippen molar-refractivity contribution in [2.45, 2.75) is 41.9 Å². The minimum atomic E-state index is 0.539. The molecule has 16 heavy (non-hydrogen) atoms. The van der Waals surface area contributed by atoms with E-state index < -0.39 is 0 Å². The molecule has 0 heterocycles. The van der Waals surface area contributed by atoms with E-state index in [0.717, 1.165) is 4.82 Å². The van der Waals surface area contributed by atoms with Gasteiger partial charge >= 0.3 is 105 Å². The number of hydrogen-bond acceptors (Lipinski definition) is 1. The number of benzene rings is 1. The predicted molar refractivity (Wildman–Crippen MR) is 68.9 cm³/mol. The van der Waals surface area contributed by atoms with Gasteiger partial charge in [-0.1, -0.05) is 0 Å². The fourth-order valence-electron chi connectivity index (χ4n) is 2.30. The van der Waals surface area contributed by atoms with Crippen molar-refractivity contribution in [3.8, 4) is 0 Å². The molecule has 1 fully saturated rings. The molecule has 1 aliphatic carbocycles. The normalized spacial score (nSPS) is 25.6. The van der Waals surface area contributed by atoms with Crippen LogP contribution in [-0.4, -0.2) is 28.2 Å². The van der Waals surface area contributed by atoms with Gasteiger partial charge in [-0.2, -0.15) is 0 Å². The Morgan fingerprint density at radius 1 is 1.19 bits per heavy atom. The topological polar surface area (TPSA) is 9.23 Å². The summed E-state index contributed by atoms with van der Waals surface area (Å²) in [5, 5.41) is 1.26. The van der Waals surface area contributed by atoms with E-state index in [4.69, 9.17) is 4.74 Å². The van der Waals surface area contributed by atoms with Gasteiger partial charge in [0.2, 0.25) is 0 Å². The molecule has 1 nitrogen and oxygen atoms in total. The number of rotatable bonds is 4. The second kappa shape index (κ2) is 6.44. The van der Waals surface area contributed by atoms with Crippen molar-refractivity contribution in [3.05, 3.63) is 35.9 Å². The second-order valence-corrected chi connectivity index (χ2v) is 6.97. The van der Waals surface area contributed by atoms with Crippen LogP contribution in [0.1, 0.15) is 31.2 Å². The summed E-state index contributed by atoms with van der Waals surface area (Å²) in [7, 11) is 1.88. The van der Waals surface area contributed by atoms with Crippen LogP contribution >= 0.6 is 0 Å². The fraction of sp³-hybridized carbons (Fsp3) is 0.571. The Morgan fingerprint density at radius 3 is 2.69 bits per heavy atom. The third-order valence-corrected chi connectivity index (χ3v) is 6.33. The second-order valence-electron chi connectivity index (χ2n) is 4.39. The molecule has 0 unspecified atom stereocenters. The molecule has 1 aliphatic rings. The van der Waals surface area contributed by atoms with Crippen LogP contribution in [0.3, 0.4) is 0 Å². The molecule has 0 N–H and O–H groups in total. The summed E-state index contributed by atoms with van der Waals surface area (Å²) in [4.78, 5) is 0.839. The van der Waals surface area contributed by atoms with Crippen LogP contribution in [0, 0.1) is 0 Å². The zero-order chi connectivity index (χ0) is 11.2. The molecule has 0 spiro atoms. The van der Waals surface area contributed by atoms with Crippen molar-refractivity contribution in [2.24, 2.45) is 0 Å². The summed E-state index contributed by atoms with van der Waals surface area (Å²) in [5.41, 5.74) is 1.49. The van der Waals surface area contributed by atoms with Gasteiger partial charge in [0.25, 0.3) is 0 Å². The van der Waals surface area contributed by atoms with Gasteiger partial charge in [0.1, 0.15) is 0 Å². The van der Waals surface area contributed by atoms with E-state index in [1.54, 1.807) is 0 Å². The van der Waals surface area contributed by atoms with Gasteiger partial charge in [0, 0.05) is 0 Å². The first-order valence-corrected chi connectivity index (χ1v) is 8.28. The molecule has 0 saturated heterocycles. The summed E-state index contributed by atoms with van der Waals surface area (Å²) < 4.78 is 5.61. The number of methoxy groups -OCH3 is 1. The van der Waals surface area contributed by atoms with E-state index in [1.807, 2.05) is 7.11 Å². The molecular formula is C14H20OSe. The quantitative estimate of drug-likeness (QED) is 0.771. The van der Waals surface area contributed by atoms with E-state index in [2.05, 4.69) is 30.3 Å². The fourth-order valence-corrected chi connectivity index (χ4v) is 5.23. The Bertz CT molecular complexity index is 299. The molecule has 0 aromatic heterocycles. The molecule has 2 atom stereocenters. The van der Waals surface area contributed by atoms with E-state index in [1.165, 1.54) is 36.6 Å². The zero-order valence-corrected chi connectivity index (χ0v) is 11.6. The molecule has 0 amide bonds.